The van der Waals surface area contributed by atoms with Crippen molar-refractivity contribution in [2.45, 2.75) is 38.6 Å². The number of hydrogen-bond acceptors (Lipinski definition) is 6. The smallest absolute Gasteiger partial charge is 0.226 e. The van der Waals surface area contributed by atoms with E-state index in [0.29, 0.717) is 5.95 Å². The maximum absolute atomic E-state index is 9.75. The van der Waals surface area contributed by atoms with Gasteiger partial charge < -0.3 is 15.3 Å². The maximum atomic E-state index is 9.75. The van der Waals surface area contributed by atoms with Crippen molar-refractivity contribution >= 4 is 33.3 Å². The Kier molecular flexibility index (Phi) is 4.55. The summed E-state index contributed by atoms with van der Waals surface area (Å²) in [5.74, 6) is 1.65. The molecule has 1 aliphatic rings. The van der Waals surface area contributed by atoms with E-state index >= 15 is 0 Å². The Morgan fingerprint density at radius 2 is 2.29 bits per heavy atom. The molecule has 0 aromatic carbocycles. The first-order valence-electron chi connectivity index (χ1n) is 7.70. The summed E-state index contributed by atoms with van der Waals surface area (Å²) < 4.78 is 0. The van der Waals surface area contributed by atoms with Crippen LogP contribution in [0.4, 0.5) is 11.8 Å². The second-order valence-electron chi connectivity index (χ2n) is 5.42. The first-order chi connectivity index (χ1) is 10.3. The van der Waals surface area contributed by atoms with Crippen molar-refractivity contribution in [1.29, 1.82) is 0 Å². The van der Waals surface area contributed by atoms with E-state index in [2.05, 4.69) is 26.6 Å². The Hall–Kier alpha value is -1.40. The lowest BCUT2D eigenvalue weighted by Gasteiger charge is -2.30. The lowest BCUT2D eigenvalue weighted by molar-refractivity contribution is 0.255. The highest BCUT2D eigenvalue weighted by molar-refractivity contribution is 7.16. The number of rotatable bonds is 4. The highest BCUT2D eigenvalue weighted by Gasteiger charge is 2.24. The fourth-order valence-corrected chi connectivity index (χ4v) is 3.70. The zero-order chi connectivity index (χ0) is 14.7. The number of nitrogens with one attached hydrogen (secondary N) is 1. The number of thiophene rings is 1. The van der Waals surface area contributed by atoms with Crippen LogP contribution in [-0.2, 0) is 0 Å². The van der Waals surface area contributed by atoms with Crippen LogP contribution in [0.15, 0.2) is 11.4 Å². The number of anilines is 2. The number of aliphatic hydroxyl groups is 1. The average molecular weight is 306 g/mol. The topological polar surface area (TPSA) is 61.3 Å². The van der Waals surface area contributed by atoms with Crippen LogP contribution in [0.2, 0.25) is 0 Å². The van der Waals surface area contributed by atoms with Gasteiger partial charge in [-0.1, -0.05) is 12.8 Å². The normalized spacial score (nSPS) is 19.7. The predicted molar refractivity (Wildman–Crippen MR) is 88.3 cm³/mol. The van der Waals surface area contributed by atoms with E-state index in [0.717, 1.165) is 42.0 Å². The monoisotopic (exact) mass is 306 g/mol. The minimum Gasteiger partial charge on any atom is -0.394 e. The Morgan fingerprint density at radius 1 is 1.38 bits per heavy atom. The summed E-state index contributed by atoms with van der Waals surface area (Å²) in [4.78, 5) is 12.6. The molecule has 1 saturated heterocycles. The van der Waals surface area contributed by atoms with Crippen molar-refractivity contribution in [1.82, 2.24) is 9.97 Å². The predicted octanol–water partition coefficient (Wildman–Crippen LogP) is 2.86. The van der Waals surface area contributed by atoms with Crippen molar-refractivity contribution in [3.63, 3.8) is 0 Å². The number of aromatic nitrogens is 2. The quantitative estimate of drug-likeness (QED) is 0.909. The number of fused-ring (bicyclic) bond motifs is 1. The van der Waals surface area contributed by atoms with Crippen LogP contribution < -0.4 is 10.2 Å². The second kappa shape index (κ2) is 6.58. The maximum Gasteiger partial charge on any atom is 0.226 e. The molecular formula is C15H22N4OS. The van der Waals surface area contributed by atoms with Gasteiger partial charge in [-0.25, -0.2) is 4.98 Å². The summed E-state index contributed by atoms with van der Waals surface area (Å²) in [7, 11) is 0. The van der Waals surface area contributed by atoms with Gasteiger partial charge in [-0.05, 0) is 31.2 Å². The van der Waals surface area contributed by atoms with E-state index in [1.807, 2.05) is 6.92 Å². The Labute approximate surface area is 129 Å². The Bertz CT molecular complexity index is 600. The van der Waals surface area contributed by atoms with Gasteiger partial charge in [-0.3, -0.25) is 0 Å². The molecule has 1 atom stereocenters. The third-order valence-electron chi connectivity index (χ3n) is 4.00. The highest BCUT2D eigenvalue weighted by Crippen LogP contribution is 2.32. The van der Waals surface area contributed by atoms with E-state index in [4.69, 9.17) is 4.98 Å². The van der Waals surface area contributed by atoms with E-state index in [1.54, 1.807) is 11.3 Å². The van der Waals surface area contributed by atoms with Gasteiger partial charge in [0.1, 0.15) is 10.6 Å². The summed E-state index contributed by atoms with van der Waals surface area (Å²) in [5.41, 5.74) is 0. The summed E-state index contributed by atoms with van der Waals surface area (Å²) in [5, 5.41) is 16.1. The first-order valence-corrected chi connectivity index (χ1v) is 8.58. The van der Waals surface area contributed by atoms with Gasteiger partial charge in [0, 0.05) is 13.1 Å². The molecule has 0 saturated carbocycles. The SMILES string of the molecule is CCNc1nc(N2CCCCCC2CO)c2ccsc2n1. The zero-order valence-corrected chi connectivity index (χ0v) is 13.2. The van der Waals surface area contributed by atoms with Gasteiger partial charge in [0.25, 0.3) is 0 Å². The average Bonchev–Trinajstić information content (AvgIpc) is 2.83. The van der Waals surface area contributed by atoms with Gasteiger partial charge in [0.05, 0.1) is 18.0 Å². The number of nitrogens with zero attached hydrogens (tertiary/aromatic N) is 3. The molecule has 1 unspecified atom stereocenters. The molecule has 6 heteroatoms. The third-order valence-corrected chi connectivity index (χ3v) is 4.81. The standard InChI is InChI=1S/C15H22N4OS/c1-2-16-15-17-13(12-7-9-21-14(12)18-15)19-8-5-3-4-6-11(19)10-20/h7,9,11,20H,2-6,8,10H2,1H3,(H,16,17,18). The molecule has 0 aliphatic carbocycles. The molecule has 3 heterocycles. The van der Waals surface area contributed by atoms with E-state index in [1.165, 1.54) is 12.8 Å². The fraction of sp³-hybridized carbons (Fsp3) is 0.600. The molecule has 0 radical (unpaired) electrons. The molecule has 1 aliphatic heterocycles. The summed E-state index contributed by atoms with van der Waals surface area (Å²) >= 11 is 1.64. The lowest BCUT2D eigenvalue weighted by Crippen LogP contribution is -2.38. The van der Waals surface area contributed by atoms with Crippen LogP contribution in [0.1, 0.15) is 32.6 Å². The molecule has 0 amide bonds. The van der Waals surface area contributed by atoms with Gasteiger partial charge in [-0.2, -0.15) is 4.98 Å². The fourth-order valence-electron chi connectivity index (χ4n) is 2.94. The van der Waals surface area contributed by atoms with Crippen LogP contribution in [0.3, 0.4) is 0 Å². The minimum atomic E-state index is 0.167. The Balaban J connectivity index is 2.05. The molecule has 3 rings (SSSR count). The second-order valence-corrected chi connectivity index (χ2v) is 6.31. The van der Waals surface area contributed by atoms with Crippen molar-refractivity contribution in [3.05, 3.63) is 11.4 Å². The van der Waals surface area contributed by atoms with Crippen molar-refractivity contribution < 1.29 is 5.11 Å². The first kappa shape index (κ1) is 14.5. The van der Waals surface area contributed by atoms with Crippen molar-refractivity contribution in [2.24, 2.45) is 0 Å². The van der Waals surface area contributed by atoms with E-state index in [-0.39, 0.29) is 12.6 Å². The highest BCUT2D eigenvalue weighted by atomic mass is 32.1. The summed E-state index contributed by atoms with van der Waals surface area (Å²) in [6.45, 7) is 3.99. The summed E-state index contributed by atoms with van der Waals surface area (Å²) in [6, 6.07) is 2.25. The molecule has 21 heavy (non-hydrogen) atoms. The summed E-state index contributed by atoms with van der Waals surface area (Å²) in [6.07, 6.45) is 4.59. The minimum absolute atomic E-state index is 0.167. The lowest BCUT2D eigenvalue weighted by atomic mass is 10.1. The molecule has 0 spiro atoms. The molecule has 5 nitrogen and oxygen atoms in total. The molecule has 2 aromatic heterocycles. The van der Waals surface area contributed by atoms with Crippen molar-refractivity contribution in [3.8, 4) is 0 Å². The van der Waals surface area contributed by atoms with E-state index in [9.17, 15) is 5.11 Å². The van der Waals surface area contributed by atoms with Crippen LogP contribution in [0.5, 0.6) is 0 Å². The van der Waals surface area contributed by atoms with Crippen molar-refractivity contribution in [2.75, 3.05) is 29.9 Å². The molecule has 114 valence electrons. The molecular weight excluding hydrogens is 284 g/mol. The van der Waals surface area contributed by atoms with Gasteiger partial charge in [-0.15, -0.1) is 11.3 Å². The van der Waals surface area contributed by atoms with Crippen LogP contribution in [-0.4, -0.2) is 40.8 Å². The van der Waals surface area contributed by atoms with Gasteiger partial charge in [0.2, 0.25) is 5.95 Å². The van der Waals surface area contributed by atoms with Gasteiger partial charge in [0.15, 0.2) is 0 Å². The van der Waals surface area contributed by atoms with Gasteiger partial charge >= 0.3 is 0 Å². The molecule has 0 bridgehead atoms. The van der Waals surface area contributed by atoms with Crippen LogP contribution >= 0.6 is 11.3 Å². The van der Waals surface area contributed by atoms with E-state index < -0.39 is 0 Å². The molecule has 1 fully saturated rings. The zero-order valence-electron chi connectivity index (χ0n) is 12.4. The molecule has 2 aromatic rings. The largest absolute Gasteiger partial charge is 0.394 e. The molecule has 2 N–H and O–H groups in total. The third kappa shape index (κ3) is 2.96. The number of aliphatic hydroxyl groups excluding tert-OH is 1. The Morgan fingerprint density at radius 3 is 3.10 bits per heavy atom. The number of hydrogen-bond donors (Lipinski definition) is 2. The van der Waals surface area contributed by atoms with Crippen LogP contribution in [0.25, 0.3) is 10.2 Å². The van der Waals surface area contributed by atoms with Crippen LogP contribution in [0, 0.1) is 0 Å².